The zero-order valence-corrected chi connectivity index (χ0v) is 33.0. The topological polar surface area (TPSA) is 306 Å². The Morgan fingerprint density at radius 1 is 0.978 bits per heavy atom. The number of allylic oxidation sites excluding steroid dienone is 5. The Bertz CT molecular complexity index is 1920. The van der Waals surface area contributed by atoms with E-state index in [2.05, 4.69) is 20.0 Å². The van der Waals surface area contributed by atoms with E-state index in [1.807, 2.05) is 0 Å². The second-order valence-corrected chi connectivity index (χ2v) is 14.4. The first-order valence-corrected chi connectivity index (χ1v) is 16.8. The quantitative estimate of drug-likeness (QED) is 0.0660. The van der Waals surface area contributed by atoms with Crippen molar-refractivity contribution in [3.8, 4) is 5.75 Å². The molecule has 2 aliphatic rings. The molecule has 25 heteroatoms. The summed E-state index contributed by atoms with van der Waals surface area (Å²) in [5, 5.41) is 15.9. The number of sulfone groups is 1. The zero-order valence-electron chi connectivity index (χ0n) is 23.8. The number of carbonyl (C=O) groups is 2. The summed E-state index contributed by atoms with van der Waals surface area (Å²) in [5.41, 5.74) is -0.00991. The Hall–Kier alpha value is -0.510. The molecule has 0 heterocycles. The normalized spacial score (nSPS) is 19.3. The first kappa shape index (κ1) is 44.5. The fourth-order valence-electron chi connectivity index (χ4n) is 3.83. The van der Waals surface area contributed by atoms with Crippen LogP contribution in [0.25, 0.3) is 0 Å². The number of Topliss-reactive ketones (excluding diaryl/α,β-unsaturated/α-hetero) is 1. The Labute approximate surface area is 324 Å². The minimum Gasteiger partial charge on any atom is -0.744 e. The van der Waals surface area contributed by atoms with Gasteiger partial charge >= 0.3 is 88.7 Å². The van der Waals surface area contributed by atoms with Crippen LogP contribution < -0.4 is 99.4 Å². The Balaban J connectivity index is 0.00000645. The minimum absolute atomic E-state index is 0. The van der Waals surface area contributed by atoms with Crippen LogP contribution in [0.2, 0.25) is 0 Å². The van der Waals surface area contributed by atoms with Crippen molar-refractivity contribution >= 4 is 63.6 Å². The standard InChI is InChI=1S/C20H21N3O15S4.3Na/c1-10(24)21-15-9-13(40(29,30)31)6-11-7-17(41(32,33)34)19(20(26)18(11)15)23-22-14-8-12(2-3-16(14)25)39(27,28)5-4-38-42(35,36)37;;;/h2-3,6-9,11,18,22,25H,4-5H2,1H3,(H,21,24)(H,29,30,31)(H,32,33,34)(H,35,36,37);;;/q;3*+1/p-3/b23-19+;;;. The van der Waals surface area contributed by atoms with Crippen LogP contribution in [-0.4, -0.2) is 82.2 Å². The molecule has 3 rings (SSSR count). The molecular weight excluding hydrogens is 719 g/mol. The van der Waals surface area contributed by atoms with Gasteiger partial charge in [-0.15, -0.1) is 0 Å². The zero-order chi connectivity index (χ0) is 31.8. The van der Waals surface area contributed by atoms with E-state index in [1.165, 1.54) is 0 Å². The van der Waals surface area contributed by atoms with Gasteiger partial charge < -0.3 is 24.1 Å². The van der Waals surface area contributed by atoms with Crippen molar-refractivity contribution in [1.82, 2.24) is 5.32 Å². The van der Waals surface area contributed by atoms with Crippen molar-refractivity contribution in [2.75, 3.05) is 17.8 Å². The molecule has 3 N–H and O–H groups in total. The molecule has 1 amide bonds. The smallest absolute Gasteiger partial charge is 0.744 e. The van der Waals surface area contributed by atoms with E-state index in [0.29, 0.717) is 18.2 Å². The number of amides is 1. The number of ketones is 1. The molecule has 2 atom stereocenters. The van der Waals surface area contributed by atoms with E-state index in [0.717, 1.165) is 25.1 Å². The fourth-order valence-corrected chi connectivity index (χ4v) is 6.64. The third-order valence-corrected chi connectivity index (χ3v) is 9.37. The molecule has 230 valence electrons. The molecule has 0 aromatic heterocycles. The molecular formula is C20H18N3Na3O15S4. The van der Waals surface area contributed by atoms with Gasteiger partial charge in [0.2, 0.25) is 16.3 Å². The number of fused-ring (bicyclic) bond motifs is 1. The predicted octanol–water partition coefficient (Wildman–Crippen LogP) is -10.9. The van der Waals surface area contributed by atoms with E-state index in [-0.39, 0.29) is 88.7 Å². The second kappa shape index (κ2) is 16.7. The molecule has 2 aliphatic carbocycles. The van der Waals surface area contributed by atoms with Gasteiger partial charge in [0.05, 0.1) is 38.7 Å². The maximum Gasteiger partial charge on any atom is 1.00 e. The van der Waals surface area contributed by atoms with Crippen molar-refractivity contribution in [2.45, 2.75) is 11.8 Å². The van der Waals surface area contributed by atoms with E-state index in [1.54, 1.807) is 0 Å². The van der Waals surface area contributed by atoms with Gasteiger partial charge in [-0.05, 0) is 24.3 Å². The van der Waals surface area contributed by atoms with Crippen molar-refractivity contribution < 1.29 is 155 Å². The van der Waals surface area contributed by atoms with E-state index < -0.39 is 114 Å². The summed E-state index contributed by atoms with van der Waals surface area (Å²) in [4.78, 5) is 22.3. The molecule has 0 radical (unpaired) electrons. The van der Waals surface area contributed by atoms with Crippen molar-refractivity contribution in [3.05, 3.63) is 51.9 Å². The third kappa shape index (κ3) is 11.8. The molecule has 0 saturated carbocycles. The predicted molar refractivity (Wildman–Crippen MR) is 136 cm³/mol. The number of rotatable bonds is 10. The first-order valence-electron chi connectivity index (χ1n) is 11.0. The van der Waals surface area contributed by atoms with Gasteiger partial charge in [0.1, 0.15) is 31.7 Å². The molecule has 0 spiro atoms. The average Bonchev–Trinajstić information content (AvgIpc) is 2.81. The number of hydrazone groups is 1. The van der Waals surface area contributed by atoms with Gasteiger partial charge in [0.15, 0.2) is 15.6 Å². The number of phenolic OH excluding ortho intramolecular Hbond substituents is 1. The summed E-state index contributed by atoms with van der Waals surface area (Å²) in [6, 6.07) is 2.44. The molecule has 0 saturated heterocycles. The van der Waals surface area contributed by atoms with E-state index in [4.69, 9.17) is 0 Å². The number of nitrogens with zero attached hydrogens (tertiary/aromatic N) is 1. The van der Waals surface area contributed by atoms with Crippen LogP contribution in [-0.2, 0) is 54.2 Å². The molecule has 0 fully saturated rings. The molecule has 0 aliphatic heterocycles. The van der Waals surface area contributed by atoms with Crippen molar-refractivity contribution in [1.29, 1.82) is 0 Å². The van der Waals surface area contributed by atoms with Gasteiger partial charge in [-0.2, -0.15) is 5.10 Å². The van der Waals surface area contributed by atoms with E-state index in [9.17, 15) is 62.0 Å². The second-order valence-electron chi connectivity index (χ2n) is 8.51. The van der Waals surface area contributed by atoms with Gasteiger partial charge in [-0.1, -0.05) is 12.2 Å². The monoisotopic (exact) mass is 737 g/mol. The number of nitrogens with one attached hydrogen (secondary N) is 2. The molecule has 45 heavy (non-hydrogen) atoms. The molecule has 1 aromatic rings. The number of carbonyl (C=O) groups excluding carboxylic acids is 2. The maximum absolute atomic E-state index is 13.4. The Kier molecular flexibility index (Phi) is 16.5. The van der Waals surface area contributed by atoms with Crippen LogP contribution in [0.4, 0.5) is 5.69 Å². The van der Waals surface area contributed by atoms with E-state index >= 15 is 0 Å². The Morgan fingerprint density at radius 3 is 2.09 bits per heavy atom. The molecule has 18 nitrogen and oxygen atoms in total. The van der Waals surface area contributed by atoms with Crippen LogP contribution >= 0.6 is 0 Å². The maximum atomic E-state index is 13.4. The Morgan fingerprint density at radius 2 is 1.58 bits per heavy atom. The number of aromatic hydroxyl groups is 1. The van der Waals surface area contributed by atoms with Gasteiger partial charge in [-0.25, -0.2) is 33.7 Å². The van der Waals surface area contributed by atoms with Crippen molar-refractivity contribution in [2.24, 2.45) is 16.9 Å². The van der Waals surface area contributed by atoms with Crippen LogP contribution in [0.15, 0.2) is 61.9 Å². The molecule has 2 unspecified atom stereocenters. The van der Waals surface area contributed by atoms with Crippen molar-refractivity contribution in [3.63, 3.8) is 0 Å². The number of hydrogen-bond acceptors (Lipinski definition) is 17. The largest absolute Gasteiger partial charge is 1.00 e. The van der Waals surface area contributed by atoms with Crippen LogP contribution in [0, 0.1) is 11.8 Å². The summed E-state index contributed by atoms with van der Waals surface area (Å²) in [5.74, 6) is -6.82. The summed E-state index contributed by atoms with van der Waals surface area (Å²) in [6.07, 6.45) is 2.04. The molecule has 1 aromatic carbocycles. The number of phenols is 1. The van der Waals surface area contributed by atoms with Gasteiger partial charge in [0.25, 0.3) is 0 Å². The van der Waals surface area contributed by atoms with Gasteiger partial charge in [0, 0.05) is 18.5 Å². The number of hydrogen-bond donors (Lipinski definition) is 3. The minimum atomic E-state index is -5.51. The van der Waals surface area contributed by atoms with Crippen LogP contribution in [0.3, 0.4) is 0 Å². The number of anilines is 1. The summed E-state index contributed by atoms with van der Waals surface area (Å²) >= 11 is 0. The summed E-state index contributed by atoms with van der Waals surface area (Å²) < 4.78 is 131. The molecule has 0 bridgehead atoms. The third-order valence-electron chi connectivity index (χ3n) is 5.54. The fraction of sp³-hybridized carbons (Fsp3) is 0.250. The van der Waals surface area contributed by atoms with Gasteiger partial charge in [-0.3, -0.25) is 19.2 Å². The number of benzene rings is 1. The average molecular weight is 738 g/mol. The van der Waals surface area contributed by atoms with Crippen LogP contribution in [0.5, 0.6) is 5.75 Å². The first-order chi connectivity index (χ1) is 19.1. The summed E-state index contributed by atoms with van der Waals surface area (Å²) in [7, 11) is -20.2. The summed E-state index contributed by atoms with van der Waals surface area (Å²) in [6.45, 7) is -0.0526. The SMILES string of the molecule is CC(=O)NC1=CC(S(=O)(=O)[O-])=CC2C=C(S(=O)(=O)[O-])/C(=N\Nc3cc(S(=O)(=O)CCOS(=O)(=O)[O-])ccc3O)C(=O)C12.[Na+].[Na+].[Na+]. The van der Waals surface area contributed by atoms with Crippen LogP contribution in [0.1, 0.15) is 6.92 Å².